The van der Waals surface area contributed by atoms with Gasteiger partial charge in [0.2, 0.25) is 11.9 Å². The third kappa shape index (κ3) is 5.58. The fourth-order valence-electron chi connectivity index (χ4n) is 6.73. The second-order valence-electron chi connectivity index (χ2n) is 11.2. The molecule has 1 amide bonds. The Labute approximate surface area is 237 Å². The smallest absolute Gasteiger partial charge is 0.243 e. The molecular formula is C31H42N8O. The van der Waals surface area contributed by atoms with E-state index in [4.69, 9.17) is 0 Å². The third-order valence-corrected chi connectivity index (χ3v) is 8.73. The van der Waals surface area contributed by atoms with Crippen LogP contribution in [0.25, 0.3) is 0 Å². The monoisotopic (exact) mass is 542 g/mol. The summed E-state index contributed by atoms with van der Waals surface area (Å²) in [6.07, 6.45) is 8.08. The number of carbonyl (C=O) groups excluding carboxylic acids is 1. The van der Waals surface area contributed by atoms with Crippen LogP contribution in [0.1, 0.15) is 75.5 Å². The van der Waals surface area contributed by atoms with Crippen LogP contribution in [0, 0.1) is 5.92 Å². The highest BCUT2D eigenvalue weighted by molar-refractivity contribution is 5.75. The number of hydrazine groups is 1. The minimum Gasteiger partial charge on any atom is -0.372 e. The summed E-state index contributed by atoms with van der Waals surface area (Å²) in [5, 5.41) is 18.5. The van der Waals surface area contributed by atoms with Crippen LogP contribution in [0.3, 0.4) is 0 Å². The molecule has 1 aliphatic carbocycles. The van der Waals surface area contributed by atoms with Gasteiger partial charge in [-0.05, 0) is 50.3 Å². The number of aromatic nitrogens is 3. The van der Waals surface area contributed by atoms with Gasteiger partial charge in [-0.15, -0.1) is 10.2 Å². The average Bonchev–Trinajstić information content (AvgIpc) is 3.64. The fourth-order valence-corrected chi connectivity index (χ4v) is 6.73. The first-order chi connectivity index (χ1) is 19.7. The number of para-hydroxylation sites is 1. The Morgan fingerprint density at radius 2 is 1.80 bits per heavy atom. The number of aryl methyl sites for hydroxylation is 1. The number of hydrogen-bond donors (Lipinski definition) is 3. The van der Waals surface area contributed by atoms with Crippen LogP contribution < -0.4 is 26.0 Å². The topological polar surface area (TPSA) is 90.3 Å². The molecule has 2 aliphatic heterocycles. The Bertz CT molecular complexity index is 1250. The Morgan fingerprint density at radius 3 is 2.60 bits per heavy atom. The summed E-state index contributed by atoms with van der Waals surface area (Å²) >= 11 is 0. The van der Waals surface area contributed by atoms with Gasteiger partial charge in [-0.1, -0.05) is 61.4 Å². The fraction of sp³-hybridized carbons (Fsp3) is 0.516. The molecule has 6 rings (SSSR count). The van der Waals surface area contributed by atoms with Crippen LogP contribution in [-0.2, 0) is 11.2 Å². The second kappa shape index (κ2) is 12.4. The minimum atomic E-state index is 0.0567. The largest absolute Gasteiger partial charge is 0.372 e. The third-order valence-electron chi connectivity index (χ3n) is 8.73. The summed E-state index contributed by atoms with van der Waals surface area (Å²) in [5.41, 5.74) is 6.13. The number of nitrogens with one attached hydrogen (secondary N) is 3. The Hall–Kier alpha value is -3.43. The zero-order valence-electron chi connectivity index (χ0n) is 23.5. The quantitative estimate of drug-likeness (QED) is 0.311. The molecule has 3 aliphatic rings. The summed E-state index contributed by atoms with van der Waals surface area (Å²) in [6, 6.07) is 21.4. The second-order valence-corrected chi connectivity index (χ2v) is 11.2. The maximum Gasteiger partial charge on any atom is 0.243 e. The highest BCUT2D eigenvalue weighted by Crippen LogP contribution is 2.45. The summed E-state index contributed by atoms with van der Waals surface area (Å²) in [4.78, 5) is 14.9. The summed E-state index contributed by atoms with van der Waals surface area (Å²) in [6.45, 7) is 4.76. The van der Waals surface area contributed by atoms with Gasteiger partial charge in [0.15, 0.2) is 0 Å². The molecule has 3 heterocycles. The number of benzene rings is 2. The van der Waals surface area contributed by atoms with Crippen LogP contribution in [0.15, 0.2) is 60.7 Å². The first-order valence-corrected chi connectivity index (χ1v) is 15.1. The molecular weight excluding hydrogens is 500 g/mol. The normalized spacial score (nSPS) is 23.3. The predicted molar refractivity (Wildman–Crippen MR) is 158 cm³/mol. The maximum atomic E-state index is 12.6. The molecule has 40 heavy (non-hydrogen) atoms. The van der Waals surface area contributed by atoms with E-state index in [2.05, 4.69) is 102 Å². The SMILES string of the molecule is CCN(CCCNC(=O)CCCc1nnc2n1C1CCCCC1C1NC(c3ccccc3)NN21)c1ccccc1. The highest BCUT2D eigenvalue weighted by atomic mass is 16.1. The highest BCUT2D eigenvalue weighted by Gasteiger charge is 2.48. The number of hydrogen-bond acceptors (Lipinski definition) is 7. The van der Waals surface area contributed by atoms with Crippen molar-refractivity contribution in [2.24, 2.45) is 5.92 Å². The van der Waals surface area contributed by atoms with E-state index in [0.29, 0.717) is 24.9 Å². The zero-order chi connectivity index (χ0) is 27.3. The summed E-state index contributed by atoms with van der Waals surface area (Å²) in [5.74, 6) is 2.52. The van der Waals surface area contributed by atoms with E-state index >= 15 is 0 Å². The Kier molecular flexibility index (Phi) is 8.29. The summed E-state index contributed by atoms with van der Waals surface area (Å²) < 4.78 is 2.38. The molecule has 212 valence electrons. The van der Waals surface area contributed by atoms with E-state index < -0.39 is 0 Å². The first-order valence-electron chi connectivity index (χ1n) is 15.1. The van der Waals surface area contributed by atoms with Crippen molar-refractivity contribution < 1.29 is 4.79 Å². The molecule has 9 nitrogen and oxygen atoms in total. The molecule has 9 heteroatoms. The van der Waals surface area contributed by atoms with Gasteiger partial charge < -0.3 is 10.2 Å². The molecule has 2 fully saturated rings. The molecule has 0 bridgehead atoms. The lowest BCUT2D eigenvalue weighted by molar-refractivity contribution is -0.121. The number of amides is 1. The summed E-state index contributed by atoms with van der Waals surface area (Å²) in [7, 11) is 0. The van der Waals surface area contributed by atoms with Crippen LogP contribution in [0.4, 0.5) is 11.6 Å². The number of anilines is 2. The van der Waals surface area contributed by atoms with Gasteiger partial charge in [0.05, 0.1) is 0 Å². The minimum absolute atomic E-state index is 0.0567. The number of nitrogens with zero attached hydrogens (tertiary/aromatic N) is 5. The lowest BCUT2D eigenvalue weighted by atomic mass is 9.81. The maximum absolute atomic E-state index is 12.6. The molecule has 1 saturated carbocycles. The van der Waals surface area contributed by atoms with Crippen LogP contribution in [0.2, 0.25) is 0 Å². The van der Waals surface area contributed by atoms with E-state index in [1.807, 2.05) is 6.07 Å². The van der Waals surface area contributed by atoms with Crippen LogP contribution in [-0.4, -0.2) is 46.5 Å². The zero-order valence-corrected chi connectivity index (χ0v) is 23.5. The first kappa shape index (κ1) is 26.8. The molecule has 3 N–H and O–H groups in total. The molecule has 1 saturated heterocycles. The van der Waals surface area contributed by atoms with Crippen molar-refractivity contribution in [3.8, 4) is 0 Å². The van der Waals surface area contributed by atoms with E-state index in [1.54, 1.807) is 0 Å². The van der Waals surface area contributed by atoms with E-state index in [9.17, 15) is 4.79 Å². The van der Waals surface area contributed by atoms with Gasteiger partial charge >= 0.3 is 0 Å². The molecule has 1 aromatic heterocycles. The molecule has 3 aromatic rings. The van der Waals surface area contributed by atoms with Crippen molar-refractivity contribution in [2.75, 3.05) is 29.5 Å². The lowest BCUT2D eigenvalue weighted by Crippen LogP contribution is -2.53. The van der Waals surface area contributed by atoms with Gasteiger partial charge in [-0.2, -0.15) is 0 Å². The predicted octanol–water partition coefficient (Wildman–Crippen LogP) is 4.32. The van der Waals surface area contributed by atoms with Crippen molar-refractivity contribution in [3.63, 3.8) is 0 Å². The van der Waals surface area contributed by atoms with Crippen molar-refractivity contribution in [1.29, 1.82) is 0 Å². The van der Waals surface area contributed by atoms with Crippen molar-refractivity contribution in [2.45, 2.75) is 76.7 Å². The standard InChI is InChI=1S/C31H42N8O/c1-2-37(24-15-7-4-8-16-24)22-12-21-32-28(40)20-11-19-27-34-35-31-38(27)26-18-10-9-17-25(26)30-33-29(36-39(30)31)23-13-5-3-6-14-23/h3-8,13-16,25-26,29-30,33,36H,2,9-12,17-22H2,1H3,(H,32,40). The van der Waals surface area contributed by atoms with Gasteiger partial charge in [0.1, 0.15) is 18.2 Å². The molecule has 0 spiro atoms. The Balaban J connectivity index is 1.03. The van der Waals surface area contributed by atoms with Crippen molar-refractivity contribution >= 4 is 17.5 Å². The van der Waals surface area contributed by atoms with Gasteiger partial charge in [0.25, 0.3) is 0 Å². The van der Waals surface area contributed by atoms with Gasteiger partial charge in [-0.3, -0.25) is 19.7 Å². The van der Waals surface area contributed by atoms with Crippen LogP contribution in [0.5, 0.6) is 0 Å². The molecule has 4 unspecified atom stereocenters. The van der Waals surface area contributed by atoms with E-state index in [1.165, 1.54) is 30.5 Å². The average molecular weight is 543 g/mol. The molecule has 0 radical (unpaired) electrons. The Morgan fingerprint density at radius 1 is 1.02 bits per heavy atom. The van der Waals surface area contributed by atoms with E-state index in [0.717, 1.165) is 50.5 Å². The van der Waals surface area contributed by atoms with Crippen molar-refractivity contribution in [1.82, 2.24) is 30.8 Å². The molecule has 4 atom stereocenters. The van der Waals surface area contributed by atoms with Crippen LogP contribution >= 0.6 is 0 Å². The van der Waals surface area contributed by atoms with Gasteiger partial charge in [-0.25, -0.2) is 5.43 Å². The van der Waals surface area contributed by atoms with Gasteiger partial charge in [0, 0.05) is 50.1 Å². The molecule has 2 aromatic carbocycles. The number of carbonyl (C=O) groups is 1. The number of rotatable bonds is 11. The van der Waals surface area contributed by atoms with E-state index in [-0.39, 0.29) is 18.2 Å². The van der Waals surface area contributed by atoms with Crippen molar-refractivity contribution in [3.05, 3.63) is 72.1 Å². The number of fused-ring (bicyclic) bond motifs is 6. The lowest BCUT2D eigenvalue weighted by Gasteiger charge is -2.44.